The van der Waals surface area contributed by atoms with Gasteiger partial charge in [0.1, 0.15) is 18.0 Å². The van der Waals surface area contributed by atoms with E-state index in [1.54, 1.807) is 6.33 Å². The molecule has 0 spiro atoms. The van der Waals surface area contributed by atoms with Crippen molar-refractivity contribution in [2.45, 2.75) is 39.0 Å². The summed E-state index contributed by atoms with van der Waals surface area (Å²) in [4.78, 5) is 13.6. The Bertz CT molecular complexity index is 444. The largest absolute Gasteiger partial charge is 0.360 e. The molecular formula is C16H26N4. The maximum absolute atomic E-state index is 4.48. The van der Waals surface area contributed by atoms with Gasteiger partial charge in [0, 0.05) is 32.7 Å². The Morgan fingerprint density at radius 1 is 1.30 bits per heavy atom. The minimum Gasteiger partial charge on any atom is -0.360 e. The zero-order chi connectivity index (χ0) is 13.9. The van der Waals surface area contributed by atoms with Crippen molar-refractivity contribution in [1.82, 2.24) is 9.97 Å². The Hall–Kier alpha value is -1.32. The van der Waals surface area contributed by atoms with Gasteiger partial charge in [0.05, 0.1) is 0 Å². The van der Waals surface area contributed by atoms with Gasteiger partial charge in [-0.3, -0.25) is 0 Å². The van der Waals surface area contributed by atoms with Crippen LogP contribution in [0.3, 0.4) is 0 Å². The fourth-order valence-electron chi connectivity index (χ4n) is 3.01. The molecule has 2 fully saturated rings. The van der Waals surface area contributed by atoms with Crippen LogP contribution >= 0.6 is 0 Å². The molecule has 20 heavy (non-hydrogen) atoms. The molecular weight excluding hydrogens is 248 g/mol. The number of hydrogen-bond donors (Lipinski definition) is 0. The van der Waals surface area contributed by atoms with Gasteiger partial charge < -0.3 is 9.80 Å². The zero-order valence-corrected chi connectivity index (χ0v) is 12.8. The first kappa shape index (κ1) is 13.7. The van der Waals surface area contributed by atoms with Crippen molar-refractivity contribution in [3.8, 4) is 0 Å². The Kier molecular flexibility index (Phi) is 4.08. The summed E-state index contributed by atoms with van der Waals surface area (Å²) >= 11 is 0. The molecule has 1 aromatic heterocycles. The molecule has 0 radical (unpaired) electrons. The predicted octanol–water partition coefficient (Wildman–Crippen LogP) is 2.95. The molecule has 1 aliphatic carbocycles. The van der Waals surface area contributed by atoms with Crippen LogP contribution < -0.4 is 9.80 Å². The molecule has 110 valence electrons. The molecule has 4 heteroatoms. The highest BCUT2D eigenvalue weighted by Crippen LogP contribution is 2.32. The number of piperidine rings is 1. The van der Waals surface area contributed by atoms with E-state index >= 15 is 0 Å². The standard InChI is InChI=1S/C16H26N4/c1-13-4-3-8-20(11-13)16-10-15(17-12-18-16)19(2)9-7-14-5-6-14/h10,12-14H,3-9,11H2,1-2H3. The average Bonchev–Trinajstić information content (AvgIpc) is 3.29. The van der Waals surface area contributed by atoms with Crippen molar-refractivity contribution in [2.75, 3.05) is 36.5 Å². The van der Waals surface area contributed by atoms with Crippen molar-refractivity contribution in [1.29, 1.82) is 0 Å². The van der Waals surface area contributed by atoms with Crippen LogP contribution in [0.4, 0.5) is 11.6 Å². The summed E-state index contributed by atoms with van der Waals surface area (Å²) in [6.45, 7) is 5.70. The maximum atomic E-state index is 4.48. The van der Waals surface area contributed by atoms with Crippen molar-refractivity contribution >= 4 is 11.6 Å². The topological polar surface area (TPSA) is 32.3 Å². The molecule has 0 aromatic carbocycles. The average molecular weight is 274 g/mol. The minimum absolute atomic E-state index is 0.773. The highest BCUT2D eigenvalue weighted by Gasteiger charge is 2.22. The fourth-order valence-corrected chi connectivity index (χ4v) is 3.01. The normalized spacial score (nSPS) is 22.9. The summed E-state index contributed by atoms with van der Waals surface area (Å²) in [7, 11) is 2.15. The molecule has 3 rings (SSSR count). The van der Waals surface area contributed by atoms with Crippen LogP contribution in [-0.2, 0) is 0 Å². The number of nitrogens with zero attached hydrogens (tertiary/aromatic N) is 4. The molecule has 2 aliphatic rings. The highest BCUT2D eigenvalue weighted by molar-refractivity contribution is 5.49. The van der Waals surface area contributed by atoms with Crippen molar-refractivity contribution in [3.63, 3.8) is 0 Å². The van der Waals surface area contributed by atoms with Gasteiger partial charge in [-0.2, -0.15) is 0 Å². The summed E-state index contributed by atoms with van der Waals surface area (Å²) in [5.74, 6) is 3.91. The fraction of sp³-hybridized carbons (Fsp3) is 0.750. The maximum Gasteiger partial charge on any atom is 0.134 e. The second kappa shape index (κ2) is 5.98. The molecule has 1 aromatic rings. The number of rotatable bonds is 5. The summed E-state index contributed by atoms with van der Waals surface area (Å²) in [5.41, 5.74) is 0. The van der Waals surface area contributed by atoms with E-state index in [9.17, 15) is 0 Å². The Labute approximate surface area is 122 Å². The molecule has 1 atom stereocenters. The van der Waals surface area contributed by atoms with Crippen LogP contribution in [0.5, 0.6) is 0 Å². The van der Waals surface area contributed by atoms with E-state index in [0.717, 1.165) is 43.1 Å². The number of aromatic nitrogens is 2. The first-order valence-corrected chi connectivity index (χ1v) is 8.00. The zero-order valence-electron chi connectivity index (χ0n) is 12.8. The Balaban J connectivity index is 1.64. The smallest absolute Gasteiger partial charge is 0.134 e. The number of hydrogen-bond acceptors (Lipinski definition) is 4. The van der Waals surface area contributed by atoms with Gasteiger partial charge in [-0.15, -0.1) is 0 Å². The lowest BCUT2D eigenvalue weighted by Crippen LogP contribution is -2.35. The molecule has 0 bridgehead atoms. The van der Waals surface area contributed by atoms with Crippen molar-refractivity contribution in [3.05, 3.63) is 12.4 Å². The van der Waals surface area contributed by atoms with Gasteiger partial charge in [-0.1, -0.05) is 19.8 Å². The molecule has 1 aliphatic heterocycles. The third kappa shape index (κ3) is 3.41. The number of anilines is 2. The van der Waals surface area contributed by atoms with Crippen LogP contribution in [0, 0.1) is 11.8 Å². The lowest BCUT2D eigenvalue weighted by Gasteiger charge is -2.32. The first-order valence-electron chi connectivity index (χ1n) is 8.00. The van der Waals surface area contributed by atoms with Crippen molar-refractivity contribution < 1.29 is 0 Å². The molecule has 0 amide bonds. The highest BCUT2D eigenvalue weighted by atomic mass is 15.2. The summed E-state index contributed by atoms with van der Waals surface area (Å²) in [6, 6.07) is 2.16. The third-order valence-corrected chi connectivity index (χ3v) is 4.58. The van der Waals surface area contributed by atoms with Crippen LogP contribution in [-0.4, -0.2) is 36.6 Å². The lowest BCUT2D eigenvalue weighted by atomic mass is 10.0. The molecule has 0 N–H and O–H groups in total. The molecule has 2 heterocycles. The summed E-state index contributed by atoms with van der Waals surface area (Å²) in [6.07, 6.45) is 8.49. The second-order valence-electron chi connectivity index (χ2n) is 6.58. The van der Waals surface area contributed by atoms with Gasteiger partial charge in [-0.25, -0.2) is 9.97 Å². The van der Waals surface area contributed by atoms with Crippen LogP contribution in [0.2, 0.25) is 0 Å². The van der Waals surface area contributed by atoms with E-state index < -0.39 is 0 Å². The second-order valence-corrected chi connectivity index (χ2v) is 6.58. The van der Waals surface area contributed by atoms with Crippen molar-refractivity contribution in [2.24, 2.45) is 11.8 Å². The quantitative estimate of drug-likeness (QED) is 0.826. The molecule has 1 saturated carbocycles. The Morgan fingerprint density at radius 3 is 2.90 bits per heavy atom. The van der Waals surface area contributed by atoms with Gasteiger partial charge in [0.15, 0.2) is 0 Å². The SMILES string of the molecule is CC1CCCN(c2cc(N(C)CCC3CC3)ncn2)C1. The minimum atomic E-state index is 0.773. The van der Waals surface area contributed by atoms with Crippen LogP contribution in [0.1, 0.15) is 39.0 Å². The first-order chi connectivity index (χ1) is 9.72. The predicted molar refractivity (Wildman–Crippen MR) is 83.3 cm³/mol. The van der Waals surface area contributed by atoms with E-state index in [2.05, 4.69) is 39.8 Å². The van der Waals surface area contributed by atoms with E-state index in [1.165, 1.54) is 32.1 Å². The van der Waals surface area contributed by atoms with Gasteiger partial charge in [0.25, 0.3) is 0 Å². The summed E-state index contributed by atoms with van der Waals surface area (Å²) in [5, 5.41) is 0. The molecule has 4 nitrogen and oxygen atoms in total. The third-order valence-electron chi connectivity index (χ3n) is 4.58. The molecule has 1 unspecified atom stereocenters. The summed E-state index contributed by atoms with van der Waals surface area (Å²) < 4.78 is 0. The van der Waals surface area contributed by atoms with E-state index in [-0.39, 0.29) is 0 Å². The van der Waals surface area contributed by atoms with Crippen LogP contribution in [0.15, 0.2) is 12.4 Å². The van der Waals surface area contributed by atoms with Gasteiger partial charge in [-0.05, 0) is 31.1 Å². The van der Waals surface area contributed by atoms with E-state index in [4.69, 9.17) is 0 Å². The van der Waals surface area contributed by atoms with E-state index in [0.29, 0.717) is 0 Å². The monoisotopic (exact) mass is 274 g/mol. The van der Waals surface area contributed by atoms with Gasteiger partial charge >= 0.3 is 0 Å². The lowest BCUT2D eigenvalue weighted by molar-refractivity contribution is 0.444. The van der Waals surface area contributed by atoms with Crippen LogP contribution in [0.25, 0.3) is 0 Å². The van der Waals surface area contributed by atoms with E-state index in [1.807, 2.05) is 0 Å². The Morgan fingerprint density at radius 2 is 2.15 bits per heavy atom. The molecule has 1 saturated heterocycles. The van der Waals surface area contributed by atoms with Gasteiger partial charge in [0.2, 0.25) is 0 Å².